The number of nitrogens with one attached hydrogen (secondary N) is 1. The second-order valence-corrected chi connectivity index (χ2v) is 3.22. The lowest BCUT2D eigenvalue weighted by atomic mass is 10.3. The first-order valence-corrected chi connectivity index (χ1v) is 5.43. The van der Waals surface area contributed by atoms with E-state index in [1.54, 1.807) is 24.3 Å². The third-order valence-corrected chi connectivity index (χ3v) is 1.85. The van der Waals surface area contributed by atoms with Crippen molar-refractivity contribution in [2.75, 3.05) is 18.5 Å². The van der Waals surface area contributed by atoms with Crippen molar-refractivity contribution >= 4 is 11.8 Å². The molecule has 1 amide bonds. The summed E-state index contributed by atoms with van der Waals surface area (Å²) in [5, 5.41) is 2.63. The number of carbonyl (C=O) groups is 1. The van der Waals surface area contributed by atoms with Gasteiger partial charge in [0.25, 0.3) is 0 Å². The van der Waals surface area contributed by atoms with E-state index in [0.717, 1.165) is 12.2 Å². The molecule has 1 rings (SSSR count). The number of anilines is 1. The first kappa shape index (κ1) is 12.4. The van der Waals surface area contributed by atoms with Crippen molar-refractivity contribution < 1.29 is 14.3 Å². The zero-order chi connectivity index (χ0) is 11.8. The molecule has 0 unspecified atom stereocenters. The average Bonchev–Trinajstić information content (AvgIpc) is 2.29. The lowest BCUT2D eigenvalue weighted by Crippen LogP contribution is -2.13. The van der Waals surface area contributed by atoms with E-state index < -0.39 is 6.09 Å². The Morgan fingerprint density at radius 1 is 1.25 bits per heavy atom. The molecule has 0 aliphatic heterocycles. The van der Waals surface area contributed by atoms with Crippen molar-refractivity contribution in [1.82, 2.24) is 0 Å². The van der Waals surface area contributed by atoms with Crippen LogP contribution in [0.25, 0.3) is 0 Å². The van der Waals surface area contributed by atoms with Gasteiger partial charge in [-0.3, -0.25) is 5.32 Å². The van der Waals surface area contributed by atoms with E-state index in [0.29, 0.717) is 18.9 Å². The topological polar surface area (TPSA) is 47.6 Å². The standard InChI is InChI=1S/C12H17NO3/c1-3-9-16-12(14)13-10-5-7-11(8-6-10)15-4-2/h5-8H,3-4,9H2,1-2H3,(H,13,14). The maximum Gasteiger partial charge on any atom is 0.411 e. The molecule has 0 spiro atoms. The van der Waals surface area contributed by atoms with E-state index in [1.807, 2.05) is 13.8 Å². The monoisotopic (exact) mass is 223 g/mol. The van der Waals surface area contributed by atoms with Crippen LogP contribution >= 0.6 is 0 Å². The highest BCUT2D eigenvalue weighted by Crippen LogP contribution is 2.15. The second kappa shape index (κ2) is 6.71. The van der Waals surface area contributed by atoms with Gasteiger partial charge < -0.3 is 9.47 Å². The van der Waals surface area contributed by atoms with Crippen LogP contribution in [0, 0.1) is 0 Å². The van der Waals surface area contributed by atoms with Crippen molar-refractivity contribution in [3.05, 3.63) is 24.3 Å². The molecule has 4 nitrogen and oxygen atoms in total. The Balaban J connectivity index is 2.45. The fourth-order valence-corrected chi connectivity index (χ4v) is 1.15. The van der Waals surface area contributed by atoms with Crippen molar-refractivity contribution in [2.45, 2.75) is 20.3 Å². The molecule has 16 heavy (non-hydrogen) atoms. The molecule has 0 aliphatic rings. The Hall–Kier alpha value is -1.71. The van der Waals surface area contributed by atoms with Crippen LogP contribution in [0.5, 0.6) is 5.75 Å². The highest BCUT2D eigenvalue weighted by atomic mass is 16.5. The number of benzene rings is 1. The molecule has 1 N–H and O–H groups in total. The third-order valence-electron chi connectivity index (χ3n) is 1.85. The van der Waals surface area contributed by atoms with Crippen LogP contribution < -0.4 is 10.1 Å². The molecule has 88 valence electrons. The van der Waals surface area contributed by atoms with Crippen molar-refractivity contribution in [2.24, 2.45) is 0 Å². The molecule has 0 radical (unpaired) electrons. The molecule has 0 aromatic heterocycles. The summed E-state index contributed by atoms with van der Waals surface area (Å²) in [6.07, 6.45) is 0.391. The fourth-order valence-electron chi connectivity index (χ4n) is 1.15. The largest absolute Gasteiger partial charge is 0.494 e. The van der Waals surface area contributed by atoms with Gasteiger partial charge in [0.1, 0.15) is 5.75 Å². The Labute approximate surface area is 95.6 Å². The SMILES string of the molecule is CCCOC(=O)Nc1ccc(OCC)cc1. The maximum absolute atomic E-state index is 11.2. The van der Waals surface area contributed by atoms with Crippen molar-refractivity contribution in [1.29, 1.82) is 0 Å². The van der Waals surface area contributed by atoms with E-state index in [-0.39, 0.29) is 0 Å². The fraction of sp³-hybridized carbons (Fsp3) is 0.417. The van der Waals surface area contributed by atoms with Crippen LogP contribution in [0.1, 0.15) is 20.3 Å². The highest BCUT2D eigenvalue weighted by Gasteiger charge is 2.02. The predicted octanol–water partition coefficient (Wildman–Crippen LogP) is 3.04. The summed E-state index contributed by atoms with van der Waals surface area (Å²) in [5.74, 6) is 0.787. The van der Waals surface area contributed by atoms with Gasteiger partial charge in [-0.15, -0.1) is 0 Å². The molecule has 0 fully saturated rings. The average molecular weight is 223 g/mol. The van der Waals surface area contributed by atoms with Crippen LogP contribution in [0.3, 0.4) is 0 Å². The van der Waals surface area contributed by atoms with E-state index in [2.05, 4.69) is 5.32 Å². The minimum absolute atomic E-state index is 0.425. The minimum Gasteiger partial charge on any atom is -0.494 e. The van der Waals surface area contributed by atoms with Crippen LogP contribution in [0.15, 0.2) is 24.3 Å². The molecule has 0 aliphatic carbocycles. The predicted molar refractivity (Wildman–Crippen MR) is 62.9 cm³/mol. The summed E-state index contributed by atoms with van der Waals surface area (Å²) >= 11 is 0. The van der Waals surface area contributed by atoms with E-state index in [4.69, 9.17) is 9.47 Å². The van der Waals surface area contributed by atoms with Crippen molar-refractivity contribution in [3.63, 3.8) is 0 Å². The summed E-state index contributed by atoms with van der Waals surface area (Å²) < 4.78 is 10.2. The van der Waals surface area contributed by atoms with Crippen LogP contribution in [0.4, 0.5) is 10.5 Å². The van der Waals surface area contributed by atoms with Crippen LogP contribution in [-0.2, 0) is 4.74 Å². The molecular formula is C12H17NO3. The smallest absolute Gasteiger partial charge is 0.411 e. The number of amides is 1. The highest BCUT2D eigenvalue weighted by molar-refractivity contribution is 5.84. The first-order valence-electron chi connectivity index (χ1n) is 5.43. The number of hydrogen-bond acceptors (Lipinski definition) is 3. The first-order chi connectivity index (χ1) is 7.76. The van der Waals surface area contributed by atoms with E-state index in [1.165, 1.54) is 0 Å². The number of carbonyl (C=O) groups excluding carboxylic acids is 1. The molecular weight excluding hydrogens is 206 g/mol. The molecule has 1 aromatic rings. The lowest BCUT2D eigenvalue weighted by molar-refractivity contribution is 0.161. The van der Waals surface area contributed by atoms with Gasteiger partial charge in [0.05, 0.1) is 13.2 Å². The normalized spacial score (nSPS) is 9.62. The minimum atomic E-state index is -0.425. The van der Waals surface area contributed by atoms with Crippen LogP contribution in [-0.4, -0.2) is 19.3 Å². The number of rotatable bonds is 5. The second-order valence-electron chi connectivity index (χ2n) is 3.22. The molecule has 0 bridgehead atoms. The maximum atomic E-state index is 11.2. The van der Waals surface area contributed by atoms with Crippen LogP contribution in [0.2, 0.25) is 0 Å². The Bertz CT molecular complexity index is 322. The summed E-state index contributed by atoms with van der Waals surface area (Å²) in [5.41, 5.74) is 0.699. The molecule has 0 heterocycles. The van der Waals surface area contributed by atoms with Crippen molar-refractivity contribution in [3.8, 4) is 5.75 Å². The van der Waals surface area contributed by atoms with Gasteiger partial charge in [0.2, 0.25) is 0 Å². The summed E-state index contributed by atoms with van der Waals surface area (Å²) in [6, 6.07) is 7.16. The zero-order valence-corrected chi connectivity index (χ0v) is 9.66. The summed E-state index contributed by atoms with van der Waals surface area (Å²) in [4.78, 5) is 11.2. The number of hydrogen-bond donors (Lipinski definition) is 1. The molecule has 0 saturated heterocycles. The summed E-state index contributed by atoms with van der Waals surface area (Å²) in [7, 11) is 0. The Kier molecular flexibility index (Phi) is 5.19. The zero-order valence-electron chi connectivity index (χ0n) is 9.66. The van der Waals surface area contributed by atoms with Gasteiger partial charge in [0, 0.05) is 5.69 Å². The van der Waals surface area contributed by atoms with Gasteiger partial charge >= 0.3 is 6.09 Å². The molecule has 1 aromatic carbocycles. The van der Waals surface area contributed by atoms with E-state index >= 15 is 0 Å². The molecule has 0 saturated carbocycles. The Morgan fingerprint density at radius 2 is 1.94 bits per heavy atom. The van der Waals surface area contributed by atoms with Gasteiger partial charge in [-0.1, -0.05) is 6.92 Å². The molecule has 0 atom stereocenters. The van der Waals surface area contributed by atoms with Gasteiger partial charge in [-0.25, -0.2) is 4.79 Å². The van der Waals surface area contributed by atoms with Gasteiger partial charge in [-0.2, -0.15) is 0 Å². The van der Waals surface area contributed by atoms with Gasteiger partial charge in [0.15, 0.2) is 0 Å². The lowest BCUT2D eigenvalue weighted by Gasteiger charge is -2.07. The third kappa shape index (κ3) is 4.21. The summed E-state index contributed by atoms with van der Waals surface area (Å²) in [6.45, 7) is 4.94. The van der Waals surface area contributed by atoms with E-state index in [9.17, 15) is 4.79 Å². The number of ether oxygens (including phenoxy) is 2. The molecule has 4 heteroatoms. The quantitative estimate of drug-likeness (QED) is 0.834. The van der Waals surface area contributed by atoms with Gasteiger partial charge in [-0.05, 0) is 37.6 Å². The Morgan fingerprint density at radius 3 is 2.50 bits per heavy atom.